The van der Waals surface area contributed by atoms with Gasteiger partial charge in [0, 0.05) is 23.2 Å². The zero-order valence-corrected chi connectivity index (χ0v) is 13.4. The zero-order valence-electron chi connectivity index (χ0n) is 12.7. The van der Waals surface area contributed by atoms with E-state index in [1.165, 1.54) is 18.2 Å². The Hall–Kier alpha value is -2.74. The van der Waals surface area contributed by atoms with Crippen LogP contribution in [0.3, 0.4) is 0 Å². The predicted octanol–water partition coefficient (Wildman–Crippen LogP) is 1.25. The fourth-order valence-electron chi connectivity index (χ4n) is 2.02. The molecule has 1 aromatic carbocycles. The number of nitrogens with one attached hydrogen (secondary N) is 3. The normalized spacial score (nSPS) is 11.0. The maximum absolute atomic E-state index is 13.5. The Bertz CT molecular complexity index is 884. The minimum atomic E-state index is -0.600. The van der Waals surface area contributed by atoms with Crippen molar-refractivity contribution in [1.29, 1.82) is 0 Å². The molecule has 0 aliphatic heterocycles. The first-order chi connectivity index (χ1) is 11.4. The van der Waals surface area contributed by atoms with E-state index in [-0.39, 0.29) is 23.4 Å². The van der Waals surface area contributed by atoms with Crippen molar-refractivity contribution >= 4 is 23.7 Å². The van der Waals surface area contributed by atoms with E-state index in [0.29, 0.717) is 11.3 Å². The van der Waals surface area contributed by atoms with E-state index < -0.39 is 23.0 Å². The molecular weight excluding hydrogens is 339 g/mol. The van der Waals surface area contributed by atoms with Crippen LogP contribution in [0.1, 0.15) is 23.2 Å². The summed E-state index contributed by atoms with van der Waals surface area (Å²) in [5.41, 5.74) is 1.87. The molecule has 1 aromatic heterocycles. The Balaban J connectivity index is 1.96. The zero-order chi connectivity index (χ0) is 17.7. The molecule has 0 saturated carbocycles. The lowest BCUT2D eigenvalue weighted by molar-refractivity contribution is -0.121. The van der Waals surface area contributed by atoms with E-state index in [0.717, 1.165) is 6.21 Å². The van der Waals surface area contributed by atoms with Gasteiger partial charge in [-0.2, -0.15) is 5.10 Å². The van der Waals surface area contributed by atoms with Crippen LogP contribution in [0.15, 0.2) is 32.9 Å². The third-order valence-corrected chi connectivity index (χ3v) is 3.57. The average molecular weight is 353 g/mol. The summed E-state index contributed by atoms with van der Waals surface area (Å²) in [6.07, 6.45) is 1.20. The van der Waals surface area contributed by atoms with Gasteiger partial charge in [0.2, 0.25) is 5.91 Å². The summed E-state index contributed by atoms with van der Waals surface area (Å²) in [5.74, 6) is -1.03. The number of amides is 1. The van der Waals surface area contributed by atoms with E-state index >= 15 is 0 Å². The van der Waals surface area contributed by atoms with Gasteiger partial charge in [0.25, 0.3) is 5.56 Å². The average Bonchev–Trinajstić information content (AvgIpc) is 2.49. The van der Waals surface area contributed by atoms with Crippen LogP contribution in [-0.4, -0.2) is 22.1 Å². The Morgan fingerprint density at radius 3 is 2.79 bits per heavy atom. The topological polar surface area (TPSA) is 107 Å². The van der Waals surface area contributed by atoms with Gasteiger partial charge in [0.05, 0.1) is 11.2 Å². The second kappa shape index (κ2) is 7.69. The smallest absolute Gasteiger partial charge is 0.311 e. The molecule has 0 bridgehead atoms. The van der Waals surface area contributed by atoms with Crippen LogP contribution < -0.4 is 16.7 Å². The molecule has 0 saturated heterocycles. The molecule has 0 spiro atoms. The van der Waals surface area contributed by atoms with E-state index in [1.54, 1.807) is 6.92 Å². The number of carbonyl (C=O) groups excluding carboxylic acids is 1. The molecule has 0 aliphatic carbocycles. The van der Waals surface area contributed by atoms with Gasteiger partial charge >= 0.3 is 5.69 Å². The van der Waals surface area contributed by atoms with E-state index in [9.17, 15) is 18.8 Å². The van der Waals surface area contributed by atoms with Crippen LogP contribution in [0.5, 0.6) is 0 Å². The van der Waals surface area contributed by atoms with Crippen molar-refractivity contribution in [2.75, 3.05) is 0 Å². The quantitative estimate of drug-likeness (QED) is 0.556. The van der Waals surface area contributed by atoms with Gasteiger partial charge in [-0.25, -0.2) is 14.6 Å². The van der Waals surface area contributed by atoms with Crippen molar-refractivity contribution in [3.8, 4) is 0 Å². The van der Waals surface area contributed by atoms with Crippen molar-refractivity contribution in [2.45, 2.75) is 19.8 Å². The fourth-order valence-corrected chi connectivity index (χ4v) is 2.24. The molecule has 0 fully saturated rings. The molecule has 2 rings (SSSR count). The first kappa shape index (κ1) is 17.6. The molecule has 0 unspecified atom stereocenters. The number of rotatable bonds is 5. The molecule has 0 aliphatic rings. The molecule has 0 radical (unpaired) electrons. The molecule has 7 nitrogen and oxygen atoms in total. The van der Waals surface area contributed by atoms with Gasteiger partial charge in [0.1, 0.15) is 5.82 Å². The minimum absolute atomic E-state index is 0.0295. The number of H-pyrrole nitrogens is 2. The molecule has 24 heavy (non-hydrogen) atoms. The van der Waals surface area contributed by atoms with Gasteiger partial charge in [-0.3, -0.25) is 14.6 Å². The highest BCUT2D eigenvalue weighted by Gasteiger charge is 2.09. The van der Waals surface area contributed by atoms with E-state index in [2.05, 4.69) is 20.5 Å². The third-order valence-electron chi connectivity index (χ3n) is 3.24. The third kappa shape index (κ3) is 4.39. The standard InChI is InChI=1S/C15H14ClFN4O3/c1-8-9(14(23)20-15(24)19-8)5-6-13(22)21-18-7-10-11(16)3-2-4-12(10)17/h2-4,7H,5-6H2,1H3,(H,21,22)(H2,19,20,23,24)/b18-7+. The second-order valence-electron chi connectivity index (χ2n) is 4.94. The molecule has 126 valence electrons. The van der Waals surface area contributed by atoms with Gasteiger partial charge in [-0.1, -0.05) is 17.7 Å². The van der Waals surface area contributed by atoms with E-state index in [1.807, 2.05) is 0 Å². The van der Waals surface area contributed by atoms with Crippen molar-refractivity contribution in [3.63, 3.8) is 0 Å². The predicted molar refractivity (Wildman–Crippen MR) is 87.9 cm³/mol. The van der Waals surface area contributed by atoms with Crippen LogP contribution in [0.2, 0.25) is 5.02 Å². The number of benzene rings is 1. The SMILES string of the molecule is Cc1[nH]c(=O)[nH]c(=O)c1CCC(=O)N/N=C/c1c(F)cccc1Cl. The second-order valence-corrected chi connectivity index (χ2v) is 5.35. The van der Waals surface area contributed by atoms with Crippen LogP contribution in [0, 0.1) is 12.7 Å². The molecule has 1 amide bonds. The number of hydrazone groups is 1. The maximum Gasteiger partial charge on any atom is 0.325 e. The summed E-state index contributed by atoms with van der Waals surface area (Å²) in [4.78, 5) is 39.0. The monoisotopic (exact) mass is 352 g/mol. The highest BCUT2D eigenvalue weighted by molar-refractivity contribution is 6.33. The Kier molecular flexibility index (Phi) is 5.64. The van der Waals surface area contributed by atoms with Gasteiger partial charge in [-0.05, 0) is 25.5 Å². The van der Waals surface area contributed by atoms with Gasteiger partial charge in [-0.15, -0.1) is 0 Å². The highest BCUT2D eigenvalue weighted by atomic mass is 35.5. The molecule has 9 heteroatoms. The molecule has 0 atom stereocenters. The molecule has 3 N–H and O–H groups in total. The number of aromatic amines is 2. The van der Waals surface area contributed by atoms with Gasteiger partial charge in [0.15, 0.2) is 0 Å². The lowest BCUT2D eigenvalue weighted by atomic mass is 10.1. The van der Waals surface area contributed by atoms with Crippen molar-refractivity contribution in [2.24, 2.45) is 5.10 Å². The van der Waals surface area contributed by atoms with Crippen molar-refractivity contribution in [1.82, 2.24) is 15.4 Å². The highest BCUT2D eigenvalue weighted by Crippen LogP contribution is 2.16. The number of nitrogens with zero attached hydrogens (tertiary/aromatic N) is 1. The first-order valence-corrected chi connectivity index (χ1v) is 7.34. The van der Waals surface area contributed by atoms with Crippen molar-refractivity contribution < 1.29 is 9.18 Å². The van der Waals surface area contributed by atoms with E-state index in [4.69, 9.17) is 11.6 Å². The minimum Gasteiger partial charge on any atom is -0.311 e. The summed E-state index contributed by atoms with van der Waals surface area (Å²) >= 11 is 5.82. The number of aromatic nitrogens is 2. The largest absolute Gasteiger partial charge is 0.325 e. The number of hydrogen-bond acceptors (Lipinski definition) is 4. The molecule has 2 aromatic rings. The summed E-state index contributed by atoms with van der Waals surface area (Å²) < 4.78 is 13.5. The van der Waals surface area contributed by atoms with Crippen LogP contribution >= 0.6 is 11.6 Å². The van der Waals surface area contributed by atoms with Gasteiger partial charge < -0.3 is 4.98 Å². The summed E-state index contributed by atoms with van der Waals surface area (Å²) in [6, 6.07) is 4.18. The summed E-state index contributed by atoms with van der Waals surface area (Å²) in [7, 11) is 0. The molecule has 1 heterocycles. The molecular formula is C15H14ClFN4O3. The Morgan fingerprint density at radius 2 is 2.12 bits per heavy atom. The maximum atomic E-state index is 13.5. The van der Waals surface area contributed by atoms with Crippen LogP contribution in [-0.2, 0) is 11.2 Å². The fraction of sp³-hybridized carbons (Fsp3) is 0.200. The number of hydrogen-bond donors (Lipinski definition) is 3. The summed E-state index contributed by atoms with van der Waals surface area (Å²) in [6.45, 7) is 1.57. The van der Waals surface area contributed by atoms with Crippen molar-refractivity contribution in [3.05, 3.63) is 66.7 Å². The lowest BCUT2D eigenvalue weighted by Crippen LogP contribution is -2.28. The first-order valence-electron chi connectivity index (χ1n) is 6.96. The number of carbonyl (C=O) groups is 1. The van der Waals surface area contributed by atoms with Crippen LogP contribution in [0.4, 0.5) is 4.39 Å². The summed E-state index contributed by atoms with van der Waals surface area (Å²) in [5, 5.41) is 3.81. The van der Waals surface area contributed by atoms with Crippen LogP contribution in [0.25, 0.3) is 0 Å². The lowest BCUT2D eigenvalue weighted by Gasteiger charge is -2.03. The Morgan fingerprint density at radius 1 is 1.38 bits per heavy atom. The number of aryl methyl sites for hydroxylation is 1. The number of halogens is 2. The Labute approximate surface area is 140 Å².